The lowest BCUT2D eigenvalue weighted by molar-refractivity contribution is 0.199. The Bertz CT molecular complexity index is 660. The van der Waals surface area contributed by atoms with E-state index in [1.807, 2.05) is 13.1 Å². The number of methoxy groups -OCH3 is 1. The van der Waals surface area contributed by atoms with Gasteiger partial charge in [-0.05, 0) is 31.0 Å². The molecule has 0 fully saturated rings. The van der Waals surface area contributed by atoms with Crippen LogP contribution in [0.1, 0.15) is 23.7 Å². The average Bonchev–Trinajstić information content (AvgIpc) is 2.53. The third-order valence-electron chi connectivity index (χ3n) is 3.74. The number of hydrogen-bond acceptors (Lipinski definition) is 3. The monoisotopic (exact) mass is 300 g/mol. The molecule has 1 aromatic carbocycles. The molecular formula is C18H24N2O2. The van der Waals surface area contributed by atoms with Crippen LogP contribution in [-0.2, 0) is 17.7 Å². The molecule has 1 aromatic heterocycles. The van der Waals surface area contributed by atoms with Crippen LogP contribution in [0.15, 0.2) is 41.3 Å². The van der Waals surface area contributed by atoms with Crippen molar-refractivity contribution in [2.24, 2.45) is 0 Å². The first-order chi connectivity index (χ1) is 10.7. The molecule has 0 spiro atoms. The van der Waals surface area contributed by atoms with E-state index in [1.54, 1.807) is 13.2 Å². The fourth-order valence-corrected chi connectivity index (χ4v) is 2.37. The van der Waals surface area contributed by atoms with E-state index in [4.69, 9.17) is 4.74 Å². The van der Waals surface area contributed by atoms with Gasteiger partial charge in [0.25, 0.3) is 0 Å². The Hall–Kier alpha value is -1.91. The van der Waals surface area contributed by atoms with Crippen molar-refractivity contribution in [2.75, 3.05) is 20.3 Å². The van der Waals surface area contributed by atoms with Crippen LogP contribution in [0.4, 0.5) is 0 Å². The van der Waals surface area contributed by atoms with E-state index in [1.165, 1.54) is 5.56 Å². The molecule has 4 heteroatoms. The number of ether oxygens (including phenoxy) is 1. The van der Waals surface area contributed by atoms with Gasteiger partial charge in [-0.25, -0.2) is 0 Å². The number of aromatic nitrogens is 1. The molecule has 1 N–H and O–H groups in total. The van der Waals surface area contributed by atoms with Gasteiger partial charge in [0.2, 0.25) is 0 Å². The molecule has 1 heterocycles. The molecule has 118 valence electrons. The largest absolute Gasteiger partial charge is 0.383 e. The summed E-state index contributed by atoms with van der Waals surface area (Å²) in [6, 6.07) is 10.1. The van der Waals surface area contributed by atoms with Crippen molar-refractivity contribution < 1.29 is 4.74 Å². The Morgan fingerprint density at radius 2 is 1.95 bits per heavy atom. The van der Waals surface area contributed by atoms with Crippen molar-refractivity contribution in [1.82, 2.24) is 9.88 Å². The summed E-state index contributed by atoms with van der Waals surface area (Å²) in [7, 11) is 1.67. The minimum absolute atomic E-state index is 0.0730. The highest BCUT2D eigenvalue weighted by Gasteiger charge is 2.05. The van der Waals surface area contributed by atoms with Gasteiger partial charge in [-0.15, -0.1) is 0 Å². The molecule has 0 aliphatic carbocycles. The van der Waals surface area contributed by atoms with E-state index in [2.05, 4.69) is 41.1 Å². The lowest BCUT2D eigenvalue weighted by Crippen LogP contribution is -2.24. The molecule has 2 aromatic rings. The van der Waals surface area contributed by atoms with Crippen LogP contribution in [-0.4, -0.2) is 24.8 Å². The Morgan fingerprint density at radius 3 is 2.59 bits per heavy atom. The van der Waals surface area contributed by atoms with Crippen molar-refractivity contribution in [3.63, 3.8) is 0 Å². The molecule has 0 amide bonds. The lowest BCUT2D eigenvalue weighted by Gasteiger charge is -2.13. The number of pyridine rings is 1. The second-order valence-electron chi connectivity index (χ2n) is 5.36. The van der Waals surface area contributed by atoms with Gasteiger partial charge in [-0.1, -0.05) is 19.1 Å². The Morgan fingerprint density at radius 1 is 1.23 bits per heavy atom. The van der Waals surface area contributed by atoms with Crippen LogP contribution in [0, 0.1) is 6.92 Å². The van der Waals surface area contributed by atoms with Crippen LogP contribution in [0.3, 0.4) is 0 Å². The van der Waals surface area contributed by atoms with Gasteiger partial charge >= 0.3 is 0 Å². The minimum atomic E-state index is 0.0730. The molecule has 0 saturated carbocycles. The highest BCUT2D eigenvalue weighted by molar-refractivity contribution is 5.37. The van der Waals surface area contributed by atoms with E-state index in [-0.39, 0.29) is 5.43 Å². The summed E-state index contributed by atoms with van der Waals surface area (Å²) >= 11 is 0. The van der Waals surface area contributed by atoms with Crippen LogP contribution in [0.25, 0.3) is 5.69 Å². The molecule has 4 nitrogen and oxygen atoms in total. The Balaban J connectivity index is 2.25. The molecule has 22 heavy (non-hydrogen) atoms. The van der Waals surface area contributed by atoms with Crippen molar-refractivity contribution >= 4 is 0 Å². The molecule has 0 aliphatic heterocycles. The molecule has 0 atom stereocenters. The van der Waals surface area contributed by atoms with E-state index in [0.717, 1.165) is 29.9 Å². The second-order valence-corrected chi connectivity index (χ2v) is 5.36. The zero-order chi connectivity index (χ0) is 15.9. The predicted octanol–water partition coefficient (Wildman–Crippen LogP) is 2.44. The first-order valence-electron chi connectivity index (χ1n) is 7.67. The number of nitrogens with one attached hydrogen (secondary N) is 1. The molecule has 0 unspecified atom stereocenters. The maximum atomic E-state index is 12.1. The smallest absolute Gasteiger partial charge is 0.186 e. The molecular weight excluding hydrogens is 276 g/mol. The van der Waals surface area contributed by atoms with Crippen LogP contribution in [0.5, 0.6) is 0 Å². The van der Waals surface area contributed by atoms with Crippen molar-refractivity contribution in [3.8, 4) is 5.69 Å². The normalized spacial score (nSPS) is 10.9. The number of aryl methyl sites for hydroxylation is 2. The summed E-state index contributed by atoms with van der Waals surface area (Å²) in [5.41, 5.74) is 4.16. The molecule has 0 radical (unpaired) electrons. The van der Waals surface area contributed by atoms with E-state index >= 15 is 0 Å². The summed E-state index contributed by atoms with van der Waals surface area (Å²) in [6.45, 7) is 6.02. The maximum absolute atomic E-state index is 12.1. The third kappa shape index (κ3) is 4.06. The topological polar surface area (TPSA) is 43.3 Å². The van der Waals surface area contributed by atoms with Gasteiger partial charge in [0.15, 0.2) is 5.43 Å². The number of benzene rings is 1. The summed E-state index contributed by atoms with van der Waals surface area (Å²) in [6.07, 6.45) is 2.95. The zero-order valence-corrected chi connectivity index (χ0v) is 13.6. The standard InChI is InChI=1S/C18H24N2O2/c1-4-15-5-7-17(8-6-15)20-13-16(12-19-9-10-22-3)18(21)11-14(20)2/h5-8,11,13,19H,4,9-10,12H2,1-3H3. The minimum Gasteiger partial charge on any atom is -0.383 e. The van der Waals surface area contributed by atoms with Gasteiger partial charge in [0.05, 0.1) is 6.61 Å². The highest BCUT2D eigenvalue weighted by atomic mass is 16.5. The average molecular weight is 300 g/mol. The van der Waals surface area contributed by atoms with E-state index in [9.17, 15) is 4.79 Å². The number of nitrogens with zero attached hydrogens (tertiary/aromatic N) is 1. The fraction of sp³-hybridized carbons (Fsp3) is 0.389. The summed E-state index contributed by atoms with van der Waals surface area (Å²) in [5, 5.41) is 3.22. The zero-order valence-electron chi connectivity index (χ0n) is 13.6. The van der Waals surface area contributed by atoms with Crippen LogP contribution in [0.2, 0.25) is 0 Å². The fourth-order valence-electron chi connectivity index (χ4n) is 2.37. The predicted molar refractivity (Wildman–Crippen MR) is 89.7 cm³/mol. The van der Waals surface area contributed by atoms with Gasteiger partial charge in [-0.3, -0.25) is 4.79 Å². The first kappa shape index (κ1) is 16.5. The lowest BCUT2D eigenvalue weighted by atomic mass is 10.1. The van der Waals surface area contributed by atoms with Crippen molar-refractivity contribution in [2.45, 2.75) is 26.8 Å². The number of hydrogen-bond donors (Lipinski definition) is 1. The second kappa shape index (κ2) is 7.92. The summed E-state index contributed by atoms with van der Waals surface area (Å²) in [4.78, 5) is 12.1. The molecule has 2 rings (SSSR count). The summed E-state index contributed by atoms with van der Waals surface area (Å²) in [5.74, 6) is 0. The molecule has 0 aliphatic rings. The highest BCUT2D eigenvalue weighted by Crippen LogP contribution is 2.13. The van der Waals surface area contributed by atoms with Crippen molar-refractivity contribution in [3.05, 3.63) is 63.6 Å². The SMILES string of the molecule is CCc1ccc(-n2cc(CNCCOC)c(=O)cc2C)cc1. The Labute approximate surface area is 131 Å². The first-order valence-corrected chi connectivity index (χ1v) is 7.67. The van der Waals surface area contributed by atoms with Gasteiger partial charge < -0.3 is 14.6 Å². The molecule has 0 bridgehead atoms. The molecule has 0 saturated heterocycles. The number of rotatable bonds is 7. The van der Waals surface area contributed by atoms with Gasteiger partial charge in [0, 0.05) is 49.4 Å². The Kier molecular flexibility index (Phi) is 5.92. The van der Waals surface area contributed by atoms with Crippen molar-refractivity contribution in [1.29, 1.82) is 0 Å². The van der Waals surface area contributed by atoms with E-state index in [0.29, 0.717) is 13.2 Å². The third-order valence-corrected chi connectivity index (χ3v) is 3.74. The van der Waals surface area contributed by atoms with E-state index < -0.39 is 0 Å². The van der Waals surface area contributed by atoms with Gasteiger partial charge in [0.1, 0.15) is 0 Å². The maximum Gasteiger partial charge on any atom is 0.186 e. The van der Waals surface area contributed by atoms with Gasteiger partial charge in [-0.2, -0.15) is 0 Å². The van der Waals surface area contributed by atoms with Crippen LogP contribution >= 0.6 is 0 Å². The summed E-state index contributed by atoms with van der Waals surface area (Å²) < 4.78 is 7.06. The quantitative estimate of drug-likeness (QED) is 0.799. The van der Waals surface area contributed by atoms with Crippen LogP contribution < -0.4 is 10.7 Å².